The van der Waals surface area contributed by atoms with Gasteiger partial charge in [0, 0.05) is 46.0 Å². The molecule has 5 nitrogen and oxygen atoms in total. The average molecular weight is 1070 g/mol. The Kier molecular flexibility index (Phi) is 9.67. The van der Waals surface area contributed by atoms with Crippen LogP contribution in [0.4, 0.5) is 0 Å². The predicted octanol–water partition coefficient (Wildman–Crippen LogP) is 14.4. The minimum absolute atomic E-state index is 0. The van der Waals surface area contributed by atoms with E-state index >= 15 is 0 Å². The summed E-state index contributed by atoms with van der Waals surface area (Å²) in [6, 6.07) is 49.5. The molecule has 0 fully saturated rings. The maximum atomic E-state index is 10.3. The number of aryl methyl sites for hydroxylation is 6. The van der Waals surface area contributed by atoms with E-state index < -0.39 is 54.9 Å². The molecule has 0 N–H and O–H groups in total. The molecule has 0 aliphatic heterocycles. The van der Waals surface area contributed by atoms with Gasteiger partial charge in [-0.2, -0.15) is 5.26 Å². The van der Waals surface area contributed by atoms with Crippen LogP contribution in [0.1, 0.15) is 83.1 Å². The summed E-state index contributed by atoms with van der Waals surface area (Å²) in [4.78, 5) is 13.3. The molecule has 0 amide bonds. The normalized spacial score (nSPS) is 15.5. The molecule has 0 bridgehead atoms. The zero-order valence-corrected chi connectivity index (χ0v) is 39.5. The van der Waals surface area contributed by atoms with Gasteiger partial charge in [-0.3, -0.25) is 0 Å². The van der Waals surface area contributed by atoms with E-state index in [1.807, 2.05) is 24.3 Å². The third kappa shape index (κ3) is 10.2. The summed E-state index contributed by atoms with van der Waals surface area (Å²) in [7, 11) is 0. The van der Waals surface area contributed by atoms with Crippen molar-refractivity contribution in [1.29, 1.82) is 5.26 Å². The first kappa shape index (κ1) is 32.4. The van der Waals surface area contributed by atoms with Crippen LogP contribution in [0.5, 0.6) is 0 Å². The molecule has 0 radical (unpaired) electrons. The molecule has 0 atom stereocenters. The fourth-order valence-corrected chi connectivity index (χ4v) is 7.68. The number of fused-ring (bicyclic) bond motifs is 3. The van der Waals surface area contributed by atoms with Gasteiger partial charge in [-0.05, 0) is 111 Å². The first-order chi connectivity index (χ1) is 37.7. The van der Waals surface area contributed by atoms with Crippen LogP contribution >= 0.6 is 0 Å². The van der Waals surface area contributed by atoms with E-state index in [0.717, 1.165) is 30.0 Å². The van der Waals surface area contributed by atoms with Crippen molar-refractivity contribution < 1.29 is 42.3 Å². The summed E-state index contributed by atoms with van der Waals surface area (Å²) in [6.07, 6.45) is -14.8. The number of aromatic nitrogens is 3. The van der Waals surface area contributed by atoms with Crippen molar-refractivity contribution in [3.05, 3.63) is 233 Å². The number of furan rings is 1. The molecule has 0 aliphatic rings. The Labute approximate surface area is 431 Å². The van der Waals surface area contributed by atoms with Crippen LogP contribution in [0, 0.1) is 29.5 Å². The van der Waals surface area contributed by atoms with Crippen molar-refractivity contribution in [2.24, 2.45) is 0 Å². The van der Waals surface area contributed by atoms with Crippen molar-refractivity contribution in [3.8, 4) is 51.0 Å². The topological polar surface area (TPSA) is 75.6 Å². The first-order valence-corrected chi connectivity index (χ1v) is 21.6. The van der Waals surface area contributed by atoms with Crippen LogP contribution in [-0.4, -0.2) is 15.0 Å². The molecule has 6 heteroatoms. The smallest absolute Gasteiger partial charge is 0.500 e. The largest absolute Gasteiger partial charge is 3.00 e. The standard InChI is InChI=1S/C62H49N4O.Ir/c1-62(2,3)52-29-26-50(27-30-52)59-51(38-63)28-31-54-53-15-10-16-55(60(53)67-61(54)59)58-34-25-44(41-66-58)19-22-47-36-45(20-17-42-23-32-56(64-39-42)48-11-6-4-7-12-48)35-46(37-47)21-18-43-24-33-57(65-40-43)49-13-8-5-9-14-49;/h4-11,13,15,23-37,39-41H,17-22H2,1-3H3;/q-3;+3/i17D2,18D2,19D2,20D2,21D2,22D2,28D;. The molecule has 6 aromatic carbocycles. The van der Waals surface area contributed by atoms with Crippen LogP contribution in [-0.2, 0) is 63.8 Å². The third-order valence-electron chi connectivity index (χ3n) is 11.2. The Hall–Kier alpha value is -7.29. The van der Waals surface area contributed by atoms with Gasteiger partial charge in [0.25, 0.3) is 0 Å². The van der Waals surface area contributed by atoms with Crippen molar-refractivity contribution >= 4 is 21.9 Å². The minimum atomic E-state index is -3.17. The van der Waals surface area contributed by atoms with E-state index in [9.17, 15) is 21.7 Å². The molecule has 10 rings (SSSR count). The number of nitrogens with zero attached hydrogens (tertiary/aromatic N) is 4. The SMILES string of the molecule is [2H]c1cc2c(oc3c(-c4ccc(C([2H])([2H])C([2H])([2H])c5cc(C([2H])([2H])C([2H])([2H])c6ccc(-c7[c-]cccc7)nc6)cc(C([2H])([2H])C([2H])([2H])c6ccc(-c7[c-]cccc7)nc6)c5)cn4)[c-]ccc32)c(-c2ccc(C(C)(C)C)cc2)c1C#N.[Ir+3]. The molecular weight excluding hydrogens is 1010 g/mol. The zero-order valence-electron chi connectivity index (χ0n) is 50.1. The van der Waals surface area contributed by atoms with E-state index in [1.54, 1.807) is 66.7 Å². The second kappa shape index (κ2) is 20.3. The van der Waals surface area contributed by atoms with Crippen LogP contribution < -0.4 is 0 Å². The number of hydrogen-bond donors (Lipinski definition) is 0. The summed E-state index contributed by atoms with van der Waals surface area (Å²) in [5.74, 6) is 0. The molecule has 332 valence electrons. The van der Waals surface area contributed by atoms with Gasteiger partial charge < -0.3 is 19.4 Å². The number of pyridine rings is 3. The Bertz CT molecular complexity index is 3870. The summed E-state index contributed by atoms with van der Waals surface area (Å²) in [5, 5.41) is 11.5. The Morgan fingerprint density at radius 3 is 1.51 bits per heavy atom. The summed E-state index contributed by atoms with van der Waals surface area (Å²) in [5.41, 5.74) is 3.02. The van der Waals surface area contributed by atoms with Crippen LogP contribution in [0.25, 0.3) is 66.8 Å². The Morgan fingerprint density at radius 1 is 0.559 bits per heavy atom. The molecule has 4 heterocycles. The molecule has 0 unspecified atom stereocenters. The number of hydrogen-bond acceptors (Lipinski definition) is 5. The number of nitriles is 1. The third-order valence-corrected chi connectivity index (χ3v) is 11.2. The van der Waals surface area contributed by atoms with Crippen molar-refractivity contribution in [2.45, 2.75) is 64.4 Å². The van der Waals surface area contributed by atoms with Crippen LogP contribution in [0.2, 0.25) is 0 Å². The van der Waals surface area contributed by atoms with Crippen molar-refractivity contribution in [3.63, 3.8) is 0 Å². The van der Waals surface area contributed by atoms with Gasteiger partial charge >= 0.3 is 20.1 Å². The Balaban J connectivity index is 0.00000792. The number of rotatable bonds is 13. The quantitative estimate of drug-likeness (QED) is 0.108. The van der Waals surface area contributed by atoms with Gasteiger partial charge in [-0.1, -0.05) is 117 Å². The molecular formula is C62H49IrN4O. The summed E-state index contributed by atoms with van der Waals surface area (Å²) < 4.78 is 128. The van der Waals surface area contributed by atoms with E-state index in [1.165, 1.54) is 48.8 Å². The van der Waals surface area contributed by atoms with Crippen molar-refractivity contribution in [1.82, 2.24) is 15.0 Å². The fourth-order valence-electron chi connectivity index (χ4n) is 7.68. The van der Waals surface area contributed by atoms with Crippen molar-refractivity contribution in [2.75, 3.05) is 0 Å². The van der Waals surface area contributed by atoms with Gasteiger partial charge in [0.15, 0.2) is 0 Å². The van der Waals surface area contributed by atoms with E-state index in [0.29, 0.717) is 61.1 Å². The average Bonchev–Trinajstić information content (AvgIpc) is 3.83. The fraction of sp³-hybridized carbons (Fsp3) is 0.161. The summed E-state index contributed by atoms with van der Waals surface area (Å²) in [6.45, 7) is 6.29. The van der Waals surface area contributed by atoms with Gasteiger partial charge in [-0.15, -0.1) is 90.0 Å². The van der Waals surface area contributed by atoms with Gasteiger partial charge in [0.2, 0.25) is 0 Å². The summed E-state index contributed by atoms with van der Waals surface area (Å²) >= 11 is 0. The van der Waals surface area contributed by atoms with Crippen LogP contribution in [0.15, 0.2) is 175 Å². The maximum Gasteiger partial charge on any atom is 3.00 e. The van der Waals surface area contributed by atoms with E-state index in [-0.39, 0.29) is 59.5 Å². The Morgan fingerprint density at radius 2 is 1.06 bits per heavy atom. The minimum Gasteiger partial charge on any atom is -0.500 e. The van der Waals surface area contributed by atoms with E-state index in [4.69, 9.17) is 5.79 Å². The molecule has 68 heavy (non-hydrogen) atoms. The van der Waals surface area contributed by atoms with Gasteiger partial charge in [0.1, 0.15) is 5.58 Å². The number of benzene rings is 6. The predicted molar refractivity (Wildman–Crippen MR) is 270 cm³/mol. The van der Waals surface area contributed by atoms with E-state index in [2.05, 4.69) is 60.0 Å². The first-order valence-electron chi connectivity index (χ1n) is 28.1. The zero-order chi connectivity index (χ0) is 57.4. The maximum absolute atomic E-state index is 10.3. The second-order valence-electron chi connectivity index (χ2n) is 16.8. The molecule has 0 aliphatic carbocycles. The molecule has 4 aromatic heterocycles. The van der Waals surface area contributed by atoms with Crippen LogP contribution in [0.3, 0.4) is 0 Å². The van der Waals surface area contributed by atoms with Gasteiger partial charge in [0.05, 0.1) is 18.6 Å². The van der Waals surface area contributed by atoms with Gasteiger partial charge in [-0.25, -0.2) is 0 Å². The molecule has 10 aromatic rings. The molecule has 0 spiro atoms. The second-order valence-corrected chi connectivity index (χ2v) is 16.8. The molecule has 0 saturated heterocycles. The monoisotopic (exact) mass is 1070 g/mol. The molecule has 0 saturated carbocycles.